The Morgan fingerprint density at radius 1 is 0.900 bits per heavy atom. The van der Waals surface area contributed by atoms with Crippen LogP contribution in [0.1, 0.15) is 16.7 Å². The molecule has 1 aliphatic heterocycles. The first-order valence-electron chi connectivity index (χ1n) is 9.10. The van der Waals surface area contributed by atoms with Crippen LogP contribution in [0.15, 0.2) is 94.4 Å². The Morgan fingerprint density at radius 3 is 2.30 bits per heavy atom. The molecule has 150 valence electrons. The van der Waals surface area contributed by atoms with E-state index in [1.807, 2.05) is 31.2 Å². The Hall–Kier alpha value is -3.71. The molecule has 30 heavy (non-hydrogen) atoms. The molecule has 1 aliphatic rings. The van der Waals surface area contributed by atoms with Crippen molar-refractivity contribution in [1.82, 2.24) is 0 Å². The lowest BCUT2D eigenvalue weighted by Gasteiger charge is -2.09. The van der Waals surface area contributed by atoms with Gasteiger partial charge in [0.15, 0.2) is 5.70 Å². The van der Waals surface area contributed by atoms with Crippen molar-refractivity contribution in [1.29, 1.82) is 0 Å². The van der Waals surface area contributed by atoms with E-state index in [0.29, 0.717) is 11.1 Å². The van der Waals surface area contributed by atoms with Gasteiger partial charge in [-0.1, -0.05) is 54.1 Å². The van der Waals surface area contributed by atoms with Gasteiger partial charge >= 0.3 is 16.1 Å². The van der Waals surface area contributed by atoms with Crippen molar-refractivity contribution >= 4 is 28.1 Å². The molecule has 7 heteroatoms. The zero-order valence-electron chi connectivity index (χ0n) is 16.0. The van der Waals surface area contributed by atoms with E-state index in [9.17, 15) is 13.2 Å². The van der Waals surface area contributed by atoms with E-state index in [0.717, 1.165) is 5.56 Å². The highest BCUT2D eigenvalue weighted by Crippen LogP contribution is 2.27. The number of ether oxygens (including phenoxy) is 1. The van der Waals surface area contributed by atoms with Crippen LogP contribution in [-0.2, 0) is 19.6 Å². The molecule has 0 spiro atoms. The summed E-state index contributed by atoms with van der Waals surface area (Å²) in [5.41, 5.74) is 2.19. The molecule has 0 unspecified atom stereocenters. The minimum absolute atomic E-state index is 0.0346. The van der Waals surface area contributed by atoms with Crippen LogP contribution in [-0.4, -0.2) is 20.3 Å². The van der Waals surface area contributed by atoms with E-state index in [2.05, 4.69) is 4.99 Å². The van der Waals surface area contributed by atoms with E-state index in [1.54, 1.807) is 36.4 Å². The highest BCUT2D eigenvalue weighted by molar-refractivity contribution is 7.87. The molecule has 0 radical (unpaired) electrons. The lowest BCUT2D eigenvalue weighted by molar-refractivity contribution is -0.129. The summed E-state index contributed by atoms with van der Waals surface area (Å²) in [6.07, 6.45) is 1.44. The van der Waals surface area contributed by atoms with Crippen LogP contribution in [0.25, 0.3) is 6.08 Å². The van der Waals surface area contributed by atoms with E-state index in [-0.39, 0.29) is 22.2 Å². The highest BCUT2D eigenvalue weighted by atomic mass is 32.2. The van der Waals surface area contributed by atoms with Gasteiger partial charge < -0.3 is 8.92 Å². The van der Waals surface area contributed by atoms with Crippen molar-refractivity contribution in [3.05, 3.63) is 101 Å². The van der Waals surface area contributed by atoms with Crippen molar-refractivity contribution in [3.8, 4) is 5.75 Å². The van der Waals surface area contributed by atoms with Gasteiger partial charge in [0, 0.05) is 11.1 Å². The predicted molar refractivity (Wildman–Crippen MR) is 112 cm³/mol. The topological polar surface area (TPSA) is 82.0 Å². The van der Waals surface area contributed by atoms with Gasteiger partial charge in [-0.15, -0.1) is 0 Å². The van der Waals surface area contributed by atoms with Gasteiger partial charge in [-0.2, -0.15) is 8.42 Å². The van der Waals surface area contributed by atoms with Crippen molar-refractivity contribution in [2.75, 3.05) is 0 Å². The summed E-state index contributed by atoms with van der Waals surface area (Å²) in [5, 5.41) is 0. The summed E-state index contributed by atoms with van der Waals surface area (Å²) in [7, 11) is -4.02. The average Bonchev–Trinajstić information content (AvgIpc) is 3.11. The molecule has 0 fully saturated rings. The molecule has 0 aromatic heterocycles. The van der Waals surface area contributed by atoms with Crippen molar-refractivity contribution in [2.45, 2.75) is 11.8 Å². The normalized spacial score (nSPS) is 15.0. The van der Waals surface area contributed by atoms with E-state index >= 15 is 0 Å². The van der Waals surface area contributed by atoms with Crippen molar-refractivity contribution in [2.24, 2.45) is 4.99 Å². The van der Waals surface area contributed by atoms with Crippen molar-refractivity contribution < 1.29 is 22.1 Å². The highest BCUT2D eigenvalue weighted by Gasteiger charge is 2.25. The monoisotopic (exact) mass is 419 g/mol. The SMILES string of the molecule is Cc1ccc(C2=N/C(=C\c3ccccc3OS(=O)(=O)c3ccccc3)C(=O)O2)cc1. The van der Waals surface area contributed by atoms with Crippen molar-refractivity contribution in [3.63, 3.8) is 0 Å². The minimum atomic E-state index is -4.02. The standard InChI is InChI=1S/C23H17NO5S/c1-16-11-13-17(14-12-16)22-24-20(23(25)28-22)15-18-7-5-6-10-21(18)29-30(26,27)19-8-3-2-4-9-19/h2-15H,1H3/b20-15-. The number of aliphatic imine (C=N–C) groups is 1. The fraction of sp³-hybridized carbons (Fsp3) is 0.0435. The van der Waals surface area contributed by atoms with Crippen LogP contribution in [0.4, 0.5) is 0 Å². The van der Waals surface area contributed by atoms with E-state index in [4.69, 9.17) is 8.92 Å². The Balaban J connectivity index is 1.66. The molecule has 3 aromatic carbocycles. The molecule has 4 rings (SSSR count). The first-order chi connectivity index (χ1) is 14.4. The average molecular weight is 419 g/mol. The van der Waals surface area contributed by atoms with Crippen LogP contribution in [0.2, 0.25) is 0 Å². The number of carbonyl (C=O) groups excluding carboxylic acids is 1. The third-order valence-corrected chi connectivity index (χ3v) is 5.61. The lowest BCUT2D eigenvalue weighted by atomic mass is 10.1. The maximum Gasteiger partial charge on any atom is 0.363 e. The quantitative estimate of drug-likeness (QED) is 0.353. The number of para-hydroxylation sites is 1. The summed E-state index contributed by atoms with van der Waals surface area (Å²) in [4.78, 5) is 16.6. The number of esters is 1. The van der Waals surface area contributed by atoms with Gasteiger partial charge in [0.25, 0.3) is 0 Å². The molecule has 0 saturated heterocycles. The largest absolute Gasteiger partial charge is 0.402 e. The summed E-state index contributed by atoms with van der Waals surface area (Å²) in [6, 6.07) is 21.7. The van der Waals surface area contributed by atoms with Gasteiger partial charge in [0.05, 0.1) is 0 Å². The second kappa shape index (κ2) is 7.96. The molecule has 0 aliphatic carbocycles. The molecule has 6 nitrogen and oxygen atoms in total. The number of nitrogens with zero attached hydrogens (tertiary/aromatic N) is 1. The third-order valence-electron chi connectivity index (χ3n) is 4.36. The summed E-state index contributed by atoms with van der Waals surface area (Å²) < 4.78 is 35.7. The zero-order chi connectivity index (χ0) is 21.1. The molecular formula is C23H17NO5S. The number of aryl methyl sites for hydroxylation is 1. The summed E-state index contributed by atoms with van der Waals surface area (Å²) in [5.74, 6) is -0.339. The van der Waals surface area contributed by atoms with E-state index in [1.165, 1.54) is 24.3 Å². The van der Waals surface area contributed by atoms with Gasteiger partial charge in [-0.3, -0.25) is 0 Å². The van der Waals surface area contributed by atoms with Crippen LogP contribution in [0.3, 0.4) is 0 Å². The molecule has 3 aromatic rings. The maximum atomic E-state index is 12.6. The molecule has 1 heterocycles. The molecule has 0 bridgehead atoms. The number of hydrogen-bond acceptors (Lipinski definition) is 6. The van der Waals surface area contributed by atoms with Crippen LogP contribution < -0.4 is 4.18 Å². The van der Waals surface area contributed by atoms with Crippen LogP contribution in [0, 0.1) is 6.92 Å². The number of rotatable bonds is 5. The fourth-order valence-corrected chi connectivity index (χ4v) is 3.78. The molecule has 0 amide bonds. The first-order valence-corrected chi connectivity index (χ1v) is 10.5. The second-order valence-corrected chi connectivity index (χ2v) is 8.14. The number of benzene rings is 3. The van der Waals surface area contributed by atoms with Crippen LogP contribution >= 0.6 is 0 Å². The van der Waals surface area contributed by atoms with Gasteiger partial charge in [0.1, 0.15) is 10.6 Å². The molecule has 0 N–H and O–H groups in total. The maximum absolute atomic E-state index is 12.6. The summed E-state index contributed by atoms with van der Waals surface area (Å²) in [6.45, 7) is 1.96. The lowest BCUT2D eigenvalue weighted by Crippen LogP contribution is -2.10. The minimum Gasteiger partial charge on any atom is -0.402 e. The number of hydrogen-bond donors (Lipinski definition) is 0. The third kappa shape index (κ3) is 4.16. The second-order valence-electron chi connectivity index (χ2n) is 6.59. The Bertz CT molecular complexity index is 1260. The van der Waals surface area contributed by atoms with Gasteiger partial charge in [-0.05, 0) is 43.3 Å². The predicted octanol–water partition coefficient (Wildman–Crippen LogP) is 4.11. The Kier molecular flexibility index (Phi) is 5.20. The van der Waals surface area contributed by atoms with Gasteiger partial charge in [0.2, 0.25) is 5.90 Å². The smallest absolute Gasteiger partial charge is 0.363 e. The molecule has 0 saturated carbocycles. The molecule has 0 atom stereocenters. The Morgan fingerprint density at radius 2 is 1.57 bits per heavy atom. The first kappa shape index (κ1) is 19.6. The van der Waals surface area contributed by atoms with Gasteiger partial charge in [-0.25, -0.2) is 9.79 Å². The molecular weight excluding hydrogens is 402 g/mol. The summed E-state index contributed by atoms with van der Waals surface area (Å²) >= 11 is 0. The van der Waals surface area contributed by atoms with E-state index < -0.39 is 16.1 Å². The number of carbonyl (C=O) groups is 1. The van der Waals surface area contributed by atoms with Crippen LogP contribution in [0.5, 0.6) is 5.75 Å². The Labute approximate surface area is 174 Å². The zero-order valence-corrected chi connectivity index (χ0v) is 16.8. The number of cyclic esters (lactones) is 1. The fourth-order valence-electron chi connectivity index (χ4n) is 2.81.